The number of nitrogens with one attached hydrogen (secondary N) is 2. The van der Waals surface area contributed by atoms with E-state index in [4.69, 9.17) is 20.9 Å². The molecule has 0 radical (unpaired) electrons. The summed E-state index contributed by atoms with van der Waals surface area (Å²) in [4.78, 5) is 39.8. The van der Waals surface area contributed by atoms with Gasteiger partial charge in [-0.3, -0.25) is 9.97 Å². The van der Waals surface area contributed by atoms with Crippen LogP contribution in [0.4, 0.5) is 9.59 Å². The summed E-state index contributed by atoms with van der Waals surface area (Å²) in [5.41, 5.74) is 14.9. The van der Waals surface area contributed by atoms with Crippen LogP contribution in [0.1, 0.15) is 222 Å². The van der Waals surface area contributed by atoms with Crippen molar-refractivity contribution in [3.05, 3.63) is 132 Å². The highest BCUT2D eigenvalue weighted by Crippen LogP contribution is 2.09. The topological polar surface area (TPSA) is 167 Å². The van der Waals surface area contributed by atoms with Crippen molar-refractivity contribution in [1.82, 2.24) is 40.2 Å². The molecule has 6 N–H and O–H groups in total. The van der Waals surface area contributed by atoms with Crippen molar-refractivity contribution in [2.24, 2.45) is 11.5 Å². The number of hydrogen-bond acceptors (Lipinski definition) is 12. The van der Waals surface area contributed by atoms with Crippen LogP contribution in [-0.4, -0.2) is 153 Å². The van der Waals surface area contributed by atoms with Crippen molar-refractivity contribution in [2.75, 3.05) is 100 Å². The first-order valence-electron chi connectivity index (χ1n) is 34.5. The number of unbranched alkanes of at least 4 members (excludes halogenated alkanes) is 8. The molecular formula is C75H140N10O4. The Balaban J connectivity index is -0.000000473. The molecule has 0 saturated heterocycles. The zero-order chi connectivity index (χ0) is 67.7. The number of amides is 2. The lowest BCUT2D eigenvalue weighted by Crippen LogP contribution is -2.32. The van der Waals surface area contributed by atoms with Gasteiger partial charge >= 0.3 is 12.2 Å². The highest BCUT2D eigenvalue weighted by Gasteiger charge is 2.16. The first-order valence-corrected chi connectivity index (χ1v) is 34.5. The third kappa shape index (κ3) is 73.7. The molecule has 0 fully saturated rings. The molecule has 0 aliphatic carbocycles. The number of likely N-dealkylation sites (N-methyl/N-ethyl adjacent to an activating group) is 3. The van der Waals surface area contributed by atoms with E-state index in [1.54, 1.807) is 0 Å². The van der Waals surface area contributed by atoms with Gasteiger partial charge in [-0.1, -0.05) is 173 Å². The Morgan fingerprint density at radius 2 is 0.787 bits per heavy atom. The van der Waals surface area contributed by atoms with Crippen LogP contribution in [0.15, 0.2) is 110 Å². The van der Waals surface area contributed by atoms with Gasteiger partial charge in [0.1, 0.15) is 11.2 Å². The summed E-state index contributed by atoms with van der Waals surface area (Å²) in [6.45, 7) is 40.8. The monoisotopic (exact) mass is 1250 g/mol. The van der Waals surface area contributed by atoms with Crippen LogP contribution in [0.25, 0.3) is 0 Å². The smallest absolute Gasteiger partial charge is 0.407 e. The Morgan fingerprint density at radius 1 is 0.404 bits per heavy atom. The lowest BCUT2D eigenvalue weighted by Gasteiger charge is -2.19. The van der Waals surface area contributed by atoms with E-state index in [0.29, 0.717) is 13.1 Å². The lowest BCUT2D eigenvalue weighted by atomic mass is 10.1. The predicted molar refractivity (Wildman–Crippen MR) is 387 cm³/mol. The molecule has 14 nitrogen and oxygen atoms in total. The number of ether oxygens (including phenoxy) is 2. The van der Waals surface area contributed by atoms with Crippen molar-refractivity contribution in [1.29, 1.82) is 0 Å². The minimum absolute atomic E-state index is 0.316. The van der Waals surface area contributed by atoms with Gasteiger partial charge in [0.25, 0.3) is 0 Å². The molecule has 0 atom stereocenters. The van der Waals surface area contributed by atoms with Gasteiger partial charge in [0.2, 0.25) is 0 Å². The number of carbonyl (C=O) groups excluding carboxylic acids is 2. The Kier molecular flexibility index (Phi) is 67.1. The van der Waals surface area contributed by atoms with Crippen LogP contribution < -0.4 is 22.1 Å². The van der Waals surface area contributed by atoms with Gasteiger partial charge in [-0.25, -0.2) is 9.59 Å². The van der Waals surface area contributed by atoms with Crippen LogP contribution in [0.2, 0.25) is 0 Å². The molecule has 2 amide bonds. The predicted octanol–water partition coefficient (Wildman–Crippen LogP) is 16.7. The summed E-state index contributed by atoms with van der Waals surface area (Å²) in [6, 6.07) is 31.6. The standard InChI is InChI=1S/C13H21N.2C12H20N2.C12H19N.C10H21NO2.C8H17NO2.C5H13N.C3H9N/c1-3-4-11-14(2)12-10-13-8-6-5-7-9-13;1-3-4-10-14(2)11-7-12-5-8-13-9-6-12;1-3-4-10-14(2)11-8-12-7-5-6-9-13-12;1-3-4-10-13(2)11-12-8-6-5-7-9-12;1-5-6-7-8-11-9(12)13-10(2,3)4;1-5-6-9-7(10)11-8(2,3)4;1-2-3-4-5-6;1-2-3-4/h5-9H,3-4,10-12H2,1-2H3;5-6,8-9H,3-4,7,10-11H2,1-2H3;5-7,9H,3-4,8,10-11H2,1-2H3;5-9H,3-4,10-11H2,1-2H3;5-8H2,1-4H3,(H,11,12);5-6H2,1-4H3,(H,9,10);2-6H2,1H3;2-4H2,1H3. The van der Waals surface area contributed by atoms with E-state index >= 15 is 0 Å². The second-order valence-corrected chi connectivity index (χ2v) is 24.8. The molecule has 514 valence electrons. The molecule has 0 spiro atoms. The number of nitrogens with zero attached hydrogens (tertiary/aromatic N) is 6. The second kappa shape index (κ2) is 66.0. The molecular weight excluding hydrogens is 1100 g/mol. The largest absolute Gasteiger partial charge is 0.444 e. The number of alkyl carbamates (subject to hydrolysis) is 2. The van der Waals surface area contributed by atoms with E-state index in [9.17, 15) is 9.59 Å². The van der Waals surface area contributed by atoms with Crippen molar-refractivity contribution >= 4 is 12.2 Å². The van der Waals surface area contributed by atoms with Gasteiger partial charge in [0.05, 0.1) is 0 Å². The minimum atomic E-state index is -0.394. The fraction of sp³-hybridized carbons (Fsp3) is 0.680. The highest BCUT2D eigenvalue weighted by molar-refractivity contribution is 5.67. The van der Waals surface area contributed by atoms with E-state index in [2.05, 4.69) is 196 Å². The van der Waals surface area contributed by atoms with Gasteiger partial charge in [0.15, 0.2) is 0 Å². The molecule has 0 aliphatic heterocycles. The Bertz CT molecular complexity index is 1890. The molecule has 0 bridgehead atoms. The second-order valence-electron chi connectivity index (χ2n) is 24.8. The fourth-order valence-electron chi connectivity index (χ4n) is 7.52. The van der Waals surface area contributed by atoms with Crippen LogP contribution in [0.5, 0.6) is 0 Å². The first kappa shape index (κ1) is 90.5. The summed E-state index contributed by atoms with van der Waals surface area (Å²) in [7, 11) is 8.76. The van der Waals surface area contributed by atoms with Crippen molar-refractivity contribution in [3.8, 4) is 0 Å². The summed E-state index contributed by atoms with van der Waals surface area (Å²) in [5, 5.41) is 5.34. The maximum absolute atomic E-state index is 11.1. The van der Waals surface area contributed by atoms with Gasteiger partial charge in [-0.05, 0) is 214 Å². The number of hydrogen-bond donors (Lipinski definition) is 4. The van der Waals surface area contributed by atoms with Crippen LogP contribution in [0.3, 0.4) is 0 Å². The van der Waals surface area contributed by atoms with Gasteiger partial charge in [-0.2, -0.15) is 0 Å². The zero-order valence-electron chi connectivity index (χ0n) is 60.8. The van der Waals surface area contributed by atoms with Crippen LogP contribution in [-0.2, 0) is 35.3 Å². The molecule has 2 aromatic carbocycles. The number of carbonyl (C=O) groups is 2. The minimum Gasteiger partial charge on any atom is -0.444 e. The van der Waals surface area contributed by atoms with E-state index in [-0.39, 0.29) is 12.2 Å². The first-order chi connectivity index (χ1) is 42.5. The third-order valence-electron chi connectivity index (χ3n) is 13.0. The van der Waals surface area contributed by atoms with Gasteiger partial charge in [0, 0.05) is 70.0 Å². The highest BCUT2D eigenvalue weighted by atomic mass is 16.6. The summed E-state index contributed by atoms with van der Waals surface area (Å²) >= 11 is 0. The number of rotatable bonds is 33. The molecule has 4 aromatic rings. The number of pyridine rings is 2. The molecule has 0 unspecified atom stereocenters. The zero-order valence-corrected chi connectivity index (χ0v) is 60.8. The summed E-state index contributed by atoms with van der Waals surface area (Å²) in [5.74, 6) is 0. The Hall–Kier alpha value is -4.96. The molecule has 2 heterocycles. The van der Waals surface area contributed by atoms with Crippen LogP contribution in [0, 0.1) is 0 Å². The molecule has 14 heteroatoms. The normalized spacial score (nSPS) is 10.6. The molecule has 4 rings (SSSR count). The number of benzene rings is 2. The number of aromatic nitrogens is 2. The molecule has 0 saturated carbocycles. The van der Waals surface area contributed by atoms with Crippen molar-refractivity contribution < 1.29 is 19.1 Å². The summed E-state index contributed by atoms with van der Waals surface area (Å²) < 4.78 is 10.1. The molecule has 0 aliphatic rings. The quantitative estimate of drug-likeness (QED) is 0.0334. The van der Waals surface area contributed by atoms with Crippen LogP contribution >= 0.6 is 0 Å². The fourth-order valence-corrected chi connectivity index (χ4v) is 7.52. The van der Waals surface area contributed by atoms with Crippen molar-refractivity contribution in [3.63, 3.8) is 0 Å². The maximum atomic E-state index is 11.1. The average molecular weight is 1250 g/mol. The molecule has 2 aromatic heterocycles. The van der Waals surface area contributed by atoms with Crippen molar-refractivity contribution in [2.45, 2.75) is 237 Å². The summed E-state index contributed by atoms with van der Waals surface area (Å²) in [6.07, 6.45) is 27.7. The Labute approximate surface area is 549 Å². The van der Waals surface area contributed by atoms with Gasteiger partial charge < -0.3 is 51.2 Å². The third-order valence-corrected chi connectivity index (χ3v) is 13.0. The van der Waals surface area contributed by atoms with E-state index in [1.165, 1.54) is 132 Å². The van der Waals surface area contributed by atoms with E-state index in [0.717, 1.165) is 77.7 Å². The SMILES string of the molecule is CCCCCN.CCCCCNC(=O)OC(C)(C)C.CCCCN(C)CCc1ccccc1.CCCCN(C)CCc1ccccn1.CCCCN(C)CCc1ccncc1.CCCCN(C)Cc1ccccc1.CCCN.CCCNC(=O)OC(C)(C)C. The lowest BCUT2D eigenvalue weighted by molar-refractivity contribution is 0.0516. The number of nitrogens with two attached hydrogens (primary N) is 2. The molecule has 89 heavy (non-hydrogen) atoms. The van der Waals surface area contributed by atoms with E-state index < -0.39 is 11.2 Å². The van der Waals surface area contributed by atoms with E-state index in [1.807, 2.05) is 79.2 Å². The van der Waals surface area contributed by atoms with Gasteiger partial charge in [-0.15, -0.1) is 0 Å². The average Bonchev–Trinajstić information content (AvgIpc) is 3.68. The Morgan fingerprint density at radius 3 is 1.16 bits per heavy atom. The maximum Gasteiger partial charge on any atom is 0.407 e.